The van der Waals surface area contributed by atoms with Crippen molar-refractivity contribution in [2.24, 2.45) is 0 Å². The van der Waals surface area contributed by atoms with Gasteiger partial charge in [0, 0.05) is 24.6 Å². The minimum absolute atomic E-state index is 0.0396. The van der Waals surface area contributed by atoms with Gasteiger partial charge in [-0.05, 0) is 45.2 Å². The lowest BCUT2D eigenvalue weighted by Gasteiger charge is -2.35. The molecule has 4 heterocycles. The quantitative estimate of drug-likeness (QED) is 0.566. The van der Waals surface area contributed by atoms with Gasteiger partial charge in [0.15, 0.2) is 5.82 Å². The zero-order chi connectivity index (χ0) is 23.6. The molecule has 9 nitrogen and oxygen atoms in total. The van der Waals surface area contributed by atoms with E-state index in [0.29, 0.717) is 42.4 Å². The van der Waals surface area contributed by atoms with Crippen LogP contribution < -0.4 is 4.74 Å². The Labute approximate surface area is 187 Å². The summed E-state index contributed by atoms with van der Waals surface area (Å²) in [4.78, 5) is 31.0. The molecule has 33 heavy (non-hydrogen) atoms. The van der Waals surface area contributed by atoms with Crippen LogP contribution in [0.15, 0.2) is 29.0 Å². The van der Waals surface area contributed by atoms with Gasteiger partial charge in [-0.15, -0.1) is 0 Å². The van der Waals surface area contributed by atoms with Gasteiger partial charge in [0.2, 0.25) is 0 Å². The Hall–Kier alpha value is -3.57. The van der Waals surface area contributed by atoms with E-state index in [0.717, 1.165) is 12.8 Å². The van der Waals surface area contributed by atoms with Crippen molar-refractivity contribution in [1.82, 2.24) is 30.0 Å². The van der Waals surface area contributed by atoms with E-state index in [1.54, 1.807) is 30.9 Å². The third kappa shape index (κ3) is 5.10. The SMILES string of the molecule is Cc1ccc(-c2nc(C)no2)c(C(=O)N2CCCCC2COc2ncc(C(F)(F)F)cn2)n1. The second-order valence-electron chi connectivity index (χ2n) is 7.71. The highest BCUT2D eigenvalue weighted by molar-refractivity contribution is 5.98. The molecule has 3 aromatic heterocycles. The van der Waals surface area contributed by atoms with Gasteiger partial charge in [-0.2, -0.15) is 18.2 Å². The molecule has 0 bridgehead atoms. The van der Waals surface area contributed by atoms with E-state index in [1.807, 2.05) is 0 Å². The van der Waals surface area contributed by atoms with Crippen LogP contribution in [0.2, 0.25) is 0 Å². The molecule has 4 rings (SSSR count). The maximum absolute atomic E-state index is 13.5. The van der Waals surface area contributed by atoms with Crippen molar-refractivity contribution < 1.29 is 27.2 Å². The first-order valence-electron chi connectivity index (χ1n) is 10.3. The molecule has 1 unspecified atom stereocenters. The fraction of sp³-hybridized carbons (Fsp3) is 0.429. The number of hydrogen-bond donors (Lipinski definition) is 0. The summed E-state index contributed by atoms with van der Waals surface area (Å²) in [6.45, 7) is 3.98. The van der Waals surface area contributed by atoms with Crippen LogP contribution in [0.25, 0.3) is 11.5 Å². The van der Waals surface area contributed by atoms with Gasteiger partial charge in [-0.1, -0.05) is 5.16 Å². The zero-order valence-corrected chi connectivity index (χ0v) is 18.0. The topological polar surface area (TPSA) is 107 Å². The summed E-state index contributed by atoms with van der Waals surface area (Å²) in [6, 6.07) is 2.96. The number of hydrogen-bond acceptors (Lipinski definition) is 8. The van der Waals surface area contributed by atoms with Crippen LogP contribution in [-0.2, 0) is 6.18 Å². The molecule has 1 aliphatic rings. The molecule has 1 atom stereocenters. The second-order valence-corrected chi connectivity index (χ2v) is 7.71. The molecule has 3 aromatic rings. The van der Waals surface area contributed by atoms with Crippen LogP contribution >= 0.6 is 0 Å². The number of carbonyl (C=O) groups is 1. The lowest BCUT2D eigenvalue weighted by Crippen LogP contribution is -2.47. The lowest BCUT2D eigenvalue weighted by atomic mass is 10.0. The van der Waals surface area contributed by atoms with E-state index < -0.39 is 11.7 Å². The van der Waals surface area contributed by atoms with Gasteiger partial charge in [0.1, 0.15) is 12.3 Å². The number of ether oxygens (including phenoxy) is 1. The predicted octanol–water partition coefficient (Wildman–Crippen LogP) is 3.63. The maximum Gasteiger partial charge on any atom is 0.419 e. The molecule has 0 aromatic carbocycles. The zero-order valence-electron chi connectivity index (χ0n) is 18.0. The van der Waals surface area contributed by atoms with Crippen LogP contribution in [0, 0.1) is 13.8 Å². The van der Waals surface area contributed by atoms with Gasteiger partial charge < -0.3 is 14.2 Å². The van der Waals surface area contributed by atoms with Crippen molar-refractivity contribution in [2.45, 2.75) is 45.3 Å². The Morgan fingerprint density at radius 3 is 2.61 bits per heavy atom. The number of halogens is 3. The molecule has 174 valence electrons. The standard InChI is InChI=1S/C21H21F3N6O3/c1-12-6-7-16(18-28-13(2)29-33-18)17(27-12)19(31)30-8-4-3-5-15(30)11-32-20-25-9-14(10-26-20)21(22,23)24/h6-7,9-10,15H,3-5,8,11H2,1-2H3. The number of alkyl halides is 3. The number of rotatable bonds is 5. The van der Waals surface area contributed by atoms with Crippen LogP contribution in [0.4, 0.5) is 13.2 Å². The molecule has 0 aliphatic carbocycles. The number of amides is 1. The summed E-state index contributed by atoms with van der Waals surface area (Å²) in [7, 11) is 0. The summed E-state index contributed by atoms with van der Waals surface area (Å²) in [5, 5.41) is 3.78. The molecule has 0 radical (unpaired) electrons. The van der Waals surface area contributed by atoms with Crippen LogP contribution in [-0.4, -0.2) is 55.1 Å². The summed E-state index contributed by atoms with van der Waals surface area (Å²) < 4.78 is 48.9. The van der Waals surface area contributed by atoms with Gasteiger partial charge in [-0.3, -0.25) is 4.79 Å². The fourth-order valence-electron chi connectivity index (χ4n) is 3.58. The summed E-state index contributed by atoms with van der Waals surface area (Å²) >= 11 is 0. The molecule has 0 spiro atoms. The van der Waals surface area contributed by atoms with E-state index in [-0.39, 0.29) is 36.2 Å². The van der Waals surface area contributed by atoms with Crippen LogP contribution in [0.5, 0.6) is 6.01 Å². The Balaban J connectivity index is 1.53. The Morgan fingerprint density at radius 2 is 1.94 bits per heavy atom. The summed E-state index contributed by atoms with van der Waals surface area (Å²) in [6.07, 6.45) is -0.848. The lowest BCUT2D eigenvalue weighted by molar-refractivity contribution is -0.138. The monoisotopic (exact) mass is 462 g/mol. The third-order valence-corrected chi connectivity index (χ3v) is 5.24. The number of aryl methyl sites for hydroxylation is 2. The van der Waals surface area contributed by atoms with Crippen molar-refractivity contribution in [3.05, 3.63) is 47.3 Å². The average Bonchev–Trinajstić information content (AvgIpc) is 3.23. The molecular formula is C21H21F3N6O3. The number of nitrogens with zero attached hydrogens (tertiary/aromatic N) is 6. The van der Waals surface area contributed by atoms with Crippen molar-refractivity contribution in [2.75, 3.05) is 13.2 Å². The first-order valence-corrected chi connectivity index (χ1v) is 10.3. The average molecular weight is 462 g/mol. The second kappa shape index (κ2) is 9.12. The number of carbonyl (C=O) groups excluding carboxylic acids is 1. The van der Waals surface area contributed by atoms with Crippen molar-refractivity contribution in [3.8, 4) is 17.5 Å². The molecule has 1 saturated heterocycles. The minimum Gasteiger partial charge on any atom is -0.461 e. The molecule has 1 aliphatic heterocycles. The van der Waals surface area contributed by atoms with Gasteiger partial charge >= 0.3 is 12.2 Å². The van der Waals surface area contributed by atoms with Crippen LogP contribution in [0.1, 0.15) is 46.8 Å². The molecule has 12 heteroatoms. The van der Waals surface area contributed by atoms with E-state index in [4.69, 9.17) is 9.26 Å². The molecular weight excluding hydrogens is 441 g/mol. The van der Waals surface area contributed by atoms with Crippen molar-refractivity contribution in [1.29, 1.82) is 0 Å². The van der Waals surface area contributed by atoms with E-state index in [1.165, 1.54) is 0 Å². The van der Waals surface area contributed by atoms with E-state index >= 15 is 0 Å². The van der Waals surface area contributed by atoms with Gasteiger partial charge in [0.05, 0.1) is 17.2 Å². The highest BCUT2D eigenvalue weighted by Gasteiger charge is 2.33. The van der Waals surface area contributed by atoms with Crippen molar-refractivity contribution >= 4 is 5.91 Å². The van der Waals surface area contributed by atoms with Crippen LogP contribution in [0.3, 0.4) is 0 Å². The molecule has 1 amide bonds. The summed E-state index contributed by atoms with van der Waals surface area (Å²) in [5.41, 5.74) is 0.318. The number of likely N-dealkylation sites (tertiary alicyclic amines) is 1. The molecule has 0 saturated carbocycles. The Morgan fingerprint density at radius 1 is 1.18 bits per heavy atom. The Bertz CT molecular complexity index is 1130. The van der Waals surface area contributed by atoms with E-state index in [9.17, 15) is 18.0 Å². The highest BCUT2D eigenvalue weighted by Crippen LogP contribution is 2.29. The fourth-order valence-corrected chi connectivity index (χ4v) is 3.58. The normalized spacial score (nSPS) is 16.6. The Kier molecular flexibility index (Phi) is 6.25. The van der Waals surface area contributed by atoms with Gasteiger partial charge in [0.25, 0.3) is 11.8 Å². The number of pyridine rings is 1. The first kappa shape index (κ1) is 22.6. The number of aromatic nitrogens is 5. The van der Waals surface area contributed by atoms with Crippen molar-refractivity contribution in [3.63, 3.8) is 0 Å². The predicted molar refractivity (Wildman–Crippen MR) is 108 cm³/mol. The minimum atomic E-state index is -4.53. The first-order chi connectivity index (χ1) is 15.7. The summed E-state index contributed by atoms with van der Waals surface area (Å²) in [5.74, 6) is 0.322. The maximum atomic E-state index is 13.5. The number of piperidine rings is 1. The smallest absolute Gasteiger partial charge is 0.419 e. The largest absolute Gasteiger partial charge is 0.461 e. The highest BCUT2D eigenvalue weighted by atomic mass is 19.4. The third-order valence-electron chi connectivity index (χ3n) is 5.24. The van der Waals surface area contributed by atoms with Gasteiger partial charge in [-0.25, -0.2) is 15.0 Å². The molecule has 0 N–H and O–H groups in total. The molecule has 1 fully saturated rings. The van der Waals surface area contributed by atoms with E-state index in [2.05, 4.69) is 25.1 Å².